The minimum Gasteiger partial charge on any atom is -0.390 e. The van der Waals surface area contributed by atoms with Gasteiger partial charge in [0.1, 0.15) is 5.82 Å². The molecule has 0 atom stereocenters. The SMILES string of the molecule is OCc1nc(-c2ccncc2)n2c1CNCC2. The van der Waals surface area contributed by atoms with E-state index < -0.39 is 0 Å². The molecule has 2 N–H and O–H groups in total. The molecule has 1 aliphatic heterocycles. The summed E-state index contributed by atoms with van der Waals surface area (Å²) in [5.74, 6) is 0.924. The molecule has 1 aliphatic rings. The minimum absolute atomic E-state index is 0.0118. The molecule has 0 aliphatic carbocycles. The highest BCUT2D eigenvalue weighted by atomic mass is 16.3. The average molecular weight is 230 g/mol. The zero-order valence-corrected chi connectivity index (χ0v) is 9.43. The van der Waals surface area contributed by atoms with E-state index in [0.29, 0.717) is 0 Å². The second kappa shape index (κ2) is 4.27. The molecule has 3 heterocycles. The quantitative estimate of drug-likeness (QED) is 0.790. The van der Waals surface area contributed by atoms with Crippen LogP contribution in [-0.4, -0.2) is 26.2 Å². The molecular weight excluding hydrogens is 216 g/mol. The highest BCUT2D eigenvalue weighted by Crippen LogP contribution is 2.23. The fourth-order valence-corrected chi connectivity index (χ4v) is 2.22. The summed E-state index contributed by atoms with van der Waals surface area (Å²) in [5.41, 5.74) is 2.90. The van der Waals surface area contributed by atoms with E-state index in [2.05, 4.69) is 19.9 Å². The number of fused-ring (bicyclic) bond motifs is 1. The number of rotatable bonds is 2. The van der Waals surface area contributed by atoms with E-state index in [-0.39, 0.29) is 6.61 Å². The molecule has 5 nitrogen and oxygen atoms in total. The summed E-state index contributed by atoms with van der Waals surface area (Å²) >= 11 is 0. The second-order valence-corrected chi connectivity index (χ2v) is 4.05. The molecule has 0 amide bonds. The van der Waals surface area contributed by atoms with Crippen molar-refractivity contribution in [3.05, 3.63) is 35.9 Å². The largest absolute Gasteiger partial charge is 0.390 e. The van der Waals surface area contributed by atoms with Gasteiger partial charge in [-0.1, -0.05) is 0 Å². The summed E-state index contributed by atoms with van der Waals surface area (Å²) in [4.78, 5) is 8.54. The Balaban J connectivity index is 2.14. The van der Waals surface area contributed by atoms with Crippen LogP contribution in [0.1, 0.15) is 11.4 Å². The molecule has 0 spiro atoms. The summed E-state index contributed by atoms with van der Waals surface area (Å²) in [6, 6.07) is 3.89. The van der Waals surface area contributed by atoms with E-state index in [9.17, 15) is 5.11 Å². The Hall–Kier alpha value is -1.72. The summed E-state index contributed by atoms with van der Waals surface area (Å²) < 4.78 is 2.18. The topological polar surface area (TPSA) is 63.0 Å². The summed E-state index contributed by atoms with van der Waals surface area (Å²) in [6.45, 7) is 2.59. The smallest absolute Gasteiger partial charge is 0.140 e. The van der Waals surface area contributed by atoms with Gasteiger partial charge in [0.15, 0.2) is 0 Å². The lowest BCUT2D eigenvalue weighted by molar-refractivity contribution is 0.275. The number of aliphatic hydroxyl groups excluding tert-OH is 1. The van der Waals surface area contributed by atoms with Gasteiger partial charge in [-0.2, -0.15) is 0 Å². The predicted octanol–water partition coefficient (Wildman–Crippen LogP) is 0.541. The summed E-state index contributed by atoms with van der Waals surface area (Å²) in [7, 11) is 0. The van der Waals surface area contributed by atoms with Crippen LogP contribution in [0.5, 0.6) is 0 Å². The molecule has 0 bridgehead atoms. The number of pyridine rings is 1. The third kappa shape index (κ3) is 1.73. The number of imidazole rings is 1. The molecule has 0 unspecified atom stereocenters. The third-order valence-corrected chi connectivity index (χ3v) is 3.05. The number of nitrogens with one attached hydrogen (secondary N) is 1. The van der Waals surface area contributed by atoms with Gasteiger partial charge in [0.05, 0.1) is 18.0 Å². The first-order chi connectivity index (χ1) is 8.40. The maximum atomic E-state index is 9.34. The Bertz CT molecular complexity index is 521. The summed E-state index contributed by atoms with van der Waals surface area (Å²) in [6.07, 6.45) is 3.52. The fourth-order valence-electron chi connectivity index (χ4n) is 2.22. The van der Waals surface area contributed by atoms with Crippen molar-refractivity contribution in [3.63, 3.8) is 0 Å². The highest BCUT2D eigenvalue weighted by Gasteiger charge is 2.19. The van der Waals surface area contributed by atoms with Crippen LogP contribution in [0, 0.1) is 0 Å². The van der Waals surface area contributed by atoms with Gasteiger partial charge >= 0.3 is 0 Å². The number of aliphatic hydroxyl groups is 1. The number of hydrogen-bond acceptors (Lipinski definition) is 4. The molecule has 2 aromatic rings. The Morgan fingerprint density at radius 3 is 2.94 bits per heavy atom. The lowest BCUT2D eigenvalue weighted by Gasteiger charge is -2.18. The van der Waals surface area contributed by atoms with Crippen LogP contribution in [0.2, 0.25) is 0 Å². The van der Waals surface area contributed by atoms with Gasteiger partial charge in [0.25, 0.3) is 0 Å². The molecule has 2 aromatic heterocycles. The second-order valence-electron chi connectivity index (χ2n) is 4.05. The minimum atomic E-state index is -0.0118. The molecule has 0 fully saturated rings. The monoisotopic (exact) mass is 230 g/mol. The van der Waals surface area contributed by atoms with Crippen molar-refractivity contribution < 1.29 is 5.11 Å². The fraction of sp³-hybridized carbons (Fsp3) is 0.333. The maximum absolute atomic E-state index is 9.34. The lowest BCUT2D eigenvalue weighted by Crippen LogP contribution is -2.28. The predicted molar refractivity (Wildman–Crippen MR) is 63.1 cm³/mol. The van der Waals surface area contributed by atoms with Gasteiger partial charge in [0, 0.05) is 37.6 Å². The van der Waals surface area contributed by atoms with Crippen molar-refractivity contribution in [2.75, 3.05) is 6.54 Å². The molecular formula is C12H14N4O. The van der Waals surface area contributed by atoms with Crippen LogP contribution in [0.15, 0.2) is 24.5 Å². The molecule has 5 heteroatoms. The van der Waals surface area contributed by atoms with Gasteiger partial charge in [-0.05, 0) is 12.1 Å². The standard InChI is InChI=1S/C12H14N4O/c17-8-10-11-7-14-5-6-16(11)12(15-10)9-1-3-13-4-2-9/h1-4,14,17H,5-8H2. The Morgan fingerprint density at radius 1 is 1.35 bits per heavy atom. The van der Waals surface area contributed by atoms with E-state index >= 15 is 0 Å². The number of nitrogens with zero attached hydrogens (tertiary/aromatic N) is 3. The van der Waals surface area contributed by atoms with E-state index in [1.807, 2.05) is 12.1 Å². The molecule has 0 radical (unpaired) electrons. The van der Waals surface area contributed by atoms with Crippen LogP contribution in [0.25, 0.3) is 11.4 Å². The van der Waals surface area contributed by atoms with Crippen LogP contribution in [0.3, 0.4) is 0 Å². The van der Waals surface area contributed by atoms with Crippen molar-refractivity contribution in [3.8, 4) is 11.4 Å². The maximum Gasteiger partial charge on any atom is 0.140 e. The average Bonchev–Trinajstić information content (AvgIpc) is 2.78. The molecule has 0 aromatic carbocycles. The Labute approximate surface area is 99.1 Å². The van der Waals surface area contributed by atoms with Crippen molar-refractivity contribution in [1.29, 1.82) is 0 Å². The van der Waals surface area contributed by atoms with Crippen LogP contribution in [-0.2, 0) is 19.7 Å². The Kier molecular flexibility index (Phi) is 2.62. The van der Waals surface area contributed by atoms with Crippen LogP contribution >= 0.6 is 0 Å². The van der Waals surface area contributed by atoms with Gasteiger partial charge < -0.3 is 15.0 Å². The molecule has 3 rings (SSSR count). The molecule has 17 heavy (non-hydrogen) atoms. The van der Waals surface area contributed by atoms with Crippen LogP contribution < -0.4 is 5.32 Å². The zero-order valence-electron chi connectivity index (χ0n) is 9.43. The first kappa shape index (κ1) is 10.4. The van der Waals surface area contributed by atoms with Crippen molar-refractivity contribution in [2.24, 2.45) is 0 Å². The van der Waals surface area contributed by atoms with E-state index in [1.54, 1.807) is 12.4 Å². The van der Waals surface area contributed by atoms with E-state index in [4.69, 9.17) is 0 Å². The first-order valence-corrected chi connectivity index (χ1v) is 5.70. The molecule has 0 saturated carbocycles. The molecule has 88 valence electrons. The van der Waals surface area contributed by atoms with Gasteiger partial charge in [0.2, 0.25) is 0 Å². The van der Waals surface area contributed by atoms with Gasteiger partial charge in [-0.15, -0.1) is 0 Å². The Morgan fingerprint density at radius 2 is 2.18 bits per heavy atom. The van der Waals surface area contributed by atoms with Crippen molar-refractivity contribution in [2.45, 2.75) is 19.7 Å². The highest BCUT2D eigenvalue weighted by molar-refractivity contribution is 5.56. The lowest BCUT2D eigenvalue weighted by atomic mass is 10.2. The number of aromatic nitrogens is 3. The number of hydrogen-bond donors (Lipinski definition) is 2. The zero-order chi connectivity index (χ0) is 11.7. The van der Waals surface area contributed by atoms with Crippen LogP contribution in [0.4, 0.5) is 0 Å². The third-order valence-electron chi connectivity index (χ3n) is 3.05. The van der Waals surface area contributed by atoms with Crippen molar-refractivity contribution in [1.82, 2.24) is 19.9 Å². The first-order valence-electron chi connectivity index (χ1n) is 5.70. The van der Waals surface area contributed by atoms with E-state index in [0.717, 1.165) is 42.4 Å². The summed E-state index contributed by atoms with van der Waals surface area (Å²) in [5, 5.41) is 12.6. The van der Waals surface area contributed by atoms with Gasteiger partial charge in [-0.3, -0.25) is 4.98 Å². The van der Waals surface area contributed by atoms with Crippen molar-refractivity contribution >= 4 is 0 Å². The van der Waals surface area contributed by atoms with E-state index in [1.165, 1.54) is 0 Å². The van der Waals surface area contributed by atoms with Gasteiger partial charge in [-0.25, -0.2) is 4.98 Å². The molecule has 0 saturated heterocycles. The normalized spacial score (nSPS) is 14.6.